The van der Waals surface area contributed by atoms with Crippen molar-refractivity contribution in [3.05, 3.63) is 33.9 Å². The Balaban J connectivity index is 2.07. The standard InChI is InChI=1S/C14H22N4O3/c1-11-4-3-5-12(2)16(11)9-7-15-14-10-13(18(20)21)6-8-17(14)19/h6,8,10-12,19H,3-5,7,9H2,1-2H3. The summed E-state index contributed by atoms with van der Waals surface area (Å²) in [4.78, 5) is 16.9. The highest BCUT2D eigenvalue weighted by molar-refractivity contribution is 5.25. The molecule has 1 aromatic rings. The number of nitro groups is 1. The number of piperidine rings is 1. The molecule has 1 aromatic heterocycles. The molecule has 1 aliphatic rings. The Hall–Kier alpha value is -1.89. The lowest BCUT2D eigenvalue weighted by molar-refractivity contribution is -0.385. The van der Waals surface area contributed by atoms with Crippen molar-refractivity contribution in [1.29, 1.82) is 0 Å². The summed E-state index contributed by atoms with van der Waals surface area (Å²) in [5.41, 5.74) is 0.139. The molecule has 0 spiro atoms. The van der Waals surface area contributed by atoms with Crippen LogP contribution in [0.4, 0.5) is 5.69 Å². The van der Waals surface area contributed by atoms with Gasteiger partial charge in [0.2, 0.25) is 0 Å². The van der Waals surface area contributed by atoms with Crippen LogP contribution in [-0.4, -0.2) is 44.9 Å². The van der Waals surface area contributed by atoms with Crippen molar-refractivity contribution < 1.29 is 10.1 Å². The number of pyridine rings is 1. The predicted octanol–water partition coefficient (Wildman–Crippen LogP) is 1.80. The number of hydrogen-bond acceptors (Lipinski definition) is 5. The van der Waals surface area contributed by atoms with Gasteiger partial charge in [0.1, 0.15) is 0 Å². The number of rotatable bonds is 4. The molecule has 7 nitrogen and oxygen atoms in total. The van der Waals surface area contributed by atoms with E-state index in [0.717, 1.165) is 11.3 Å². The van der Waals surface area contributed by atoms with Crippen LogP contribution in [0, 0.1) is 10.1 Å². The highest BCUT2D eigenvalue weighted by Crippen LogP contribution is 2.21. The van der Waals surface area contributed by atoms with E-state index < -0.39 is 4.92 Å². The van der Waals surface area contributed by atoms with Crippen molar-refractivity contribution >= 4 is 5.69 Å². The molecule has 1 aliphatic heterocycles. The molecule has 0 radical (unpaired) electrons. The number of hydrogen-bond donors (Lipinski definition) is 1. The average Bonchev–Trinajstić information content (AvgIpc) is 2.43. The Bertz CT molecular complexity index is 560. The molecule has 0 aliphatic carbocycles. The van der Waals surface area contributed by atoms with Crippen LogP contribution >= 0.6 is 0 Å². The minimum Gasteiger partial charge on any atom is -0.427 e. The minimum absolute atomic E-state index is 0.0706. The van der Waals surface area contributed by atoms with Gasteiger partial charge in [0.25, 0.3) is 5.69 Å². The van der Waals surface area contributed by atoms with E-state index in [0.29, 0.717) is 18.6 Å². The van der Waals surface area contributed by atoms with Crippen LogP contribution in [0.1, 0.15) is 33.1 Å². The van der Waals surface area contributed by atoms with Crippen LogP contribution < -0.4 is 5.49 Å². The molecule has 0 aromatic carbocycles. The SMILES string of the molecule is CC1CCCC(C)N1CCN=c1cc([N+](=O)[O-])ccn1O. The molecule has 1 fully saturated rings. The van der Waals surface area contributed by atoms with E-state index in [4.69, 9.17) is 0 Å². The van der Waals surface area contributed by atoms with Gasteiger partial charge in [0, 0.05) is 24.7 Å². The molecule has 2 heterocycles. The number of nitrogens with zero attached hydrogens (tertiary/aromatic N) is 4. The predicted molar refractivity (Wildman–Crippen MR) is 78.2 cm³/mol. The Labute approximate surface area is 123 Å². The van der Waals surface area contributed by atoms with Gasteiger partial charge >= 0.3 is 0 Å². The molecular formula is C14H22N4O3. The fourth-order valence-corrected chi connectivity index (χ4v) is 2.90. The summed E-state index contributed by atoms with van der Waals surface area (Å²) in [6.45, 7) is 5.74. The molecule has 1 N–H and O–H groups in total. The molecule has 0 amide bonds. The summed E-state index contributed by atoms with van der Waals surface area (Å²) in [6.07, 6.45) is 4.89. The molecule has 0 bridgehead atoms. The quantitative estimate of drug-likeness (QED) is 0.521. The van der Waals surface area contributed by atoms with Gasteiger partial charge < -0.3 is 5.21 Å². The highest BCUT2D eigenvalue weighted by Gasteiger charge is 2.23. The Kier molecular flexibility index (Phi) is 4.95. The maximum absolute atomic E-state index is 10.7. The Morgan fingerprint density at radius 3 is 2.71 bits per heavy atom. The highest BCUT2D eigenvalue weighted by atomic mass is 16.6. The number of likely N-dealkylation sites (tertiary alicyclic amines) is 1. The zero-order valence-electron chi connectivity index (χ0n) is 12.5. The summed E-state index contributed by atoms with van der Waals surface area (Å²) >= 11 is 0. The largest absolute Gasteiger partial charge is 0.427 e. The van der Waals surface area contributed by atoms with Crippen LogP contribution in [0.3, 0.4) is 0 Å². The van der Waals surface area contributed by atoms with E-state index in [1.807, 2.05) is 0 Å². The second-order valence-corrected chi connectivity index (χ2v) is 5.59. The van der Waals surface area contributed by atoms with E-state index in [1.54, 1.807) is 0 Å². The van der Waals surface area contributed by atoms with Gasteiger partial charge in [-0.3, -0.25) is 20.0 Å². The van der Waals surface area contributed by atoms with Crippen LogP contribution in [0.25, 0.3) is 0 Å². The van der Waals surface area contributed by atoms with Crippen LogP contribution in [0.5, 0.6) is 0 Å². The molecule has 7 heteroatoms. The molecule has 2 unspecified atom stereocenters. The van der Waals surface area contributed by atoms with Gasteiger partial charge in [0.15, 0.2) is 5.49 Å². The summed E-state index contributed by atoms with van der Waals surface area (Å²) in [5.74, 6) is 0. The Morgan fingerprint density at radius 1 is 1.43 bits per heavy atom. The maximum atomic E-state index is 10.7. The third-order valence-corrected chi connectivity index (χ3v) is 4.12. The zero-order valence-corrected chi connectivity index (χ0v) is 12.5. The van der Waals surface area contributed by atoms with E-state index >= 15 is 0 Å². The maximum Gasteiger partial charge on any atom is 0.274 e. The van der Waals surface area contributed by atoms with Gasteiger partial charge in [-0.15, -0.1) is 0 Å². The van der Waals surface area contributed by atoms with E-state index in [9.17, 15) is 15.3 Å². The number of aromatic nitrogens is 1. The van der Waals surface area contributed by atoms with Gasteiger partial charge in [-0.2, -0.15) is 4.73 Å². The lowest BCUT2D eigenvalue weighted by Gasteiger charge is -2.38. The van der Waals surface area contributed by atoms with Gasteiger partial charge in [0.05, 0.1) is 23.7 Å². The molecule has 116 valence electrons. The third-order valence-electron chi connectivity index (χ3n) is 4.12. The first-order valence-corrected chi connectivity index (χ1v) is 7.31. The van der Waals surface area contributed by atoms with Crippen molar-refractivity contribution in [2.45, 2.75) is 45.2 Å². The summed E-state index contributed by atoms with van der Waals surface area (Å²) in [5, 5.41) is 20.4. The minimum atomic E-state index is -0.492. The summed E-state index contributed by atoms with van der Waals surface area (Å²) < 4.78 is 0.816. The molecule has 2 atom stereocenters. The van der Waals surface area contributed by atoms with Crippen LogP contribution in [-0.2, 0) is 0 Å². The molecular weight excluding hydrogens is 272 g/mol. The smallest absolute Gasteiger partial charge is 0.274 e. The third kappa shape index (κ3) is 3.81. The first-order chi connectivity index (χ1) is 9.99. The molecule has 0 saturated carbocycles. The van der Waals surface area contributed by atoms with Gasteiger partial charge in [-0.25, -0.2) is 0 Å². The second-order valence-electron chi connectivity index (χ2n) is 5.59. The zero-order chi connectivity index (χ0) is 15.4. The van der Waals surface area contributed by atoms with Crippen molar-refractivity contribution in [3.8, 4) is 0 Å². The fraction of sp³-hybridized carbons (Fsp3) is 0.643. The lowest BCUT2D eigenvalue weighted by atomic mass is 9.98. The first kappa shape index (κ1) is 15.5. The van der Waals surface area contributed by atoms with Crippen LogP contribution in [0.2, 0.25) is 0 Å². The van der Waals surface area contributed by atoms with Gasteiger partial charge in [-0.1, -0.05) is 6.42 Å². The second kappa shape index (κ2) is 6.71. The molecule has 2 rings (SSSR count). The van der Waals surface area contributed by atoms with Crippen molar-refractivity contribution in [2.75, 3.05) is 13.1 Å². The normalized spacial score (nSPS) is 24.2. The molecule has 1 saturated heterocycles. The summed E-state index contributed by atoms with van der Waals surface area (Å²) in [6, 6.07) is 3.60. The van der Waals surface area contributed by atoms with Crippen molar-refractivity contribution in [3.63, 3.8) is 0 Å². The van der Waals surface area contributed by atoms with Crippen molar-refractivity contribution in [1.82, 2.24) is 9.63 Å². The van der Waals surface area contributed by atoms with E-state index in [1.165, 1.54) is 37.6 Å². The summed E-state index contributed by atoms with van der Waals surface area (Å²) in [7, 11) is 0. The van der Waals surface area contributed by atoms with E-state index in [-0.39, 0.29) is 11.2 Å². The fourth-order valence-electron chi connectivity index (χ4n) is 2.90. The Morgan fingerprint density at radius 2 is 2.10 bits per heavy atom. The van der Waals surface area contributed by atoms with E-state index in [2.05, 4.69) is 23.7 Å². The molecule has 21 heavy (non-hydrogen) atoms. The first-order valence-electron chi connectivity index (χ1n) is 7.31. The topological polar surface area (TPSA) is 83.9 Å². The van der Waals surface area contributed by atoms with Crippen molar-refractivity contribution in [2.24, 2.45) is 4.99 Å². The van der Waals surface area contributed by atoms with Gasteiger partial charge in [-0.05, 0) is 26.7 Å². The van der Waals surface area contributed by atoms with Crippen LogP contribution in [0.15, 0.2) is 23.3 Å². The lowest BCUT2D eigenvalue weighted by Crippen LogP contribution is -2.45. The monoisotopic (exact) mass is 294 g/mol. The average molecular weight is 294 g/mol.